The predicted molar refractivity (Wildman–Crippen MR) is 123 cm³/mol. The number of H-pyrrole nitrogens is 2. The Morgan fingerprint density at radius 2 is 1.82 bits per heavy atom. The van der Waals surface area contributed by atoms with E-state index in [4.69, 9.17) is 4.74 Å². The highest BCUT2D eigenvalue weighted by molar-refractivity contribution is 5.95. The van der Waals surface area contributed by atoms with Crippen molar-refractivity contribution in [2.24, 2.45) is 5.92 Å². The van der Waals surface area contributed by atoms with Crippen molar-refractivity contribution in [2.75, 3.05) is 12.4 Å². The maximum atomic E-state index is 13.6. The third kappa shape index (κ3) is 4.09. The smallest absolute Gasteiger partial charge is 0.337 e. The molecule has 8 heteroatoms. The van der Waals surface area contributed by atoms with Crippen LogP contribution in [0.5, 0.6) is 0 Å². The molecule has 0 bridgehead atoms. The summed E-state index contributed by atoms with van der Waals surface area (Å²) < 4.78 is 4.76. The quantitative estimate of drug-likeness (QED) is 0.456. The van der Waals surface area contributed by atoms with E-state index in [1.54, 1.807) is 31.2 Å². The number of hydrogen-bond donors (Lipinski definition) is 4. The van der Waals surface area contributed by atoms with Crippen molar-refractivity contribution in [3.05, 3.63) is 86.3 Å². The summed E-state index contributed by atoms with van der Waals surface area (Å²) >= 11 is 0. The molecule has 4 N–H and O–H groups in total. The Balaban J connectivity index is 1.80. The van der Waals surface area contributed by atoms with Crippen LogP contribution in [0.4, 0.5) is 5.69 Å². The average Bonchev–Trinajstić information content (AvgIpc) is 3.13. The van der Waals surface area contributed by atoms with E-state index in [2.05, 4.69) is 15.5 Å². The van der Waals surface area contributed by atoms with Crippen molar-refractivity contribution in [3.8, 4) is 0 Å². The number of aromatic nitrogens is 2. The lowest BCUT2D eigenvalue weighted by Gasteiger charge is -2.41. The van der Waals surface area contributed by atoms with Crippen molar-refractivity contribution in [1.82, 2.24) is 10.2 Å². The lowest BCUT2D eigenvalue weighted by atomic mass is 9.66. The summed E-state index contributed by atoms with van der Waals surface area (Å²) in [7, 11) is 1.30. The summed E-state index contributed by atoms with van der Waals surface area (Å²) in [5, 5.41) is 19.8. The number of aliphatic hydroxyl groups is 1. The summed E-state index contributed by atoms with van der Waals surface area (Å²) in [5.74, 6) is -2.55. The van der Waals surface area contributed by atoms with Crippen LogP contribution in [0.15, 0.2) is 47.3 Å². The zero-order valence-corrected chi connectivity index (χ0v) is 19.0. The molecule has 0 unspecified atom stereocenters. The Morgan fingerprint density at radius 3 is 2.45 bits per heavy atom. The van der Waals surface area contributed by atoms with Gasteiger partial charge in [-0.25, -0.2) is 4.79 Å². The second kappa shape index (κ2) is 8.37. The van der Waals surface area contributed by atoms with Crippen molar-refractivity contribution >= 4 is 17.6 Å². The van der Waals surface area contributed by atoms with Gasteiger partial charge in [0.2, 0.25) is 5.91 Å². The number of nitrogens with one attached hydrogen (secondary N) is 3. The SMILES string of the molecule is COC(=O)c1ccc([C@@H]2c3c([nH][nH]c3=O)C[C@](C)(O)[C@@H]2C(=O)Nc2ccc(C)cc2C)cc1. The molecule has 3 atom stereocenters. The molecule has 0 aliphatic heterocycles. The molecule has 3 aromatic rings. The third-order valence-corrected chi connectivity index (χ3v) is 6.36. The van der Waals surface area contributed by atoms with Gasteiger partial charge in [-0.3, -0.25) is 14.7 Å². The van der Waals surface area contributed by atoms with E-state index in [0.717, 1.165) is 11.1 Å². The Kier molecular flexibility index (Phi) is 5.71. The number of methoxy groups -OCH3 is 1. The lowest BCUT2D eigenvalue weighted by molar-refractivity contribution is -0.130. The Labute approximate surface area is 191 Å². The maximum Gasteiger partial charge on any atom is 0.337 e. The number of esters is 1. The van der Waals surface area contributed by atoms with Gasteiger partial charge in [0.1, 0.15) is 0 Å². The van der Waals surface area contributed by atoms with Crippen LogP contribution in [0.1, 0.15) is 51.1 Å². The summed E-state index contributed by atoms with van der Waals surface area (Å²) in [6.07, 6.45) is 0.114. The second-order valence-electron chi connectivity index (χ2n) is 8.88. The maximum absolute atomic E-state index is 13.6. The number of carbonyl (C=O) groups excluding carboxylic acids is 2. The number of ether oxygens (including phenoxy) is 1. The summed E-state index contributed by atoms with van der Waals surface area (Å²) in [4.78, 5) is 38.2. The van der Waals surface area contributed by atoms with Gasteiger partial charge in [0, 0.05) is 29.3 Å². The van der Waals surface area contributed by atoms with Crippen LogP contribution in [-0.2, 0) is 16.0 Å². The highest BCUT2D eigenvalue weighted by Gasteiger charge is 2.50. The molecular formula is C25H27N3O5. The van der Waals surface area contributed by atoms with E-state index in [0.29, 0.717) is 28.1 Å². The van der Waals surface area contributed by atoms with Gasteiger partial charge in [0.15, 0.2) is 0 Å². The Bertz CT molecular complexity index is 1270. The van der Waals surface area contributed by atoms with Crippen molar-refractivity contribution < 1.29 is 19.4 Å². The number of carbonyl (C=O) groups is 2. The van der Waals surface area contributed by atoms with Crippen LogP contribution in [0.2, 0.25) is 0 Å². The zero-order valence-electron chi connectivity index (χ0n) is 19.0. The van der Waals surface area contributed by atoms with Gasteiger partial charge in [-0.15, -0.1) is 0 Å². The minimum Gasteiger partial charge on any atom is -0.465 e. The molecule has 8 nitrogen and oxygen atoms in total. The van der Waals surface area contributed by atoms with Crippen LogP contribution in [0, 0.1) is 19.8 Å². The van der Waals surface area contributed by atoms with E-state index < -0.39 is 23.4 Å². The number of rotatable bonds is 4. The molecule has 0 fully saturated rings. The molecule has 4 rings (SSSR count). The number of amides is 1. The highest BCUT2D eigenvalue weighted by atomic mass is 16.5. The minimum atomic E-state index is -1.44. The topological polar surface area (TPSA) is 124 Å². The standard InChI is InChI=1S/C25H27N3O5/c1-13-5-10-17(14(2)11-13)26-23(30)21-19(15-6-8-16(9-7-15)24(31)33-4)20-18(12-25(21,3)32)27-28-22(20)29/h5-11,19,21,32H,12H2,1-4H3,(H,26,30)(H2,27,28,29)/t19-,21+,25+/m1/s1. The molecule has 33 heavy (non-hydrogen) atoms. The average molecular weight is 450 g/mol. The molecule has 1 heterocycles. The first kappa shape index (κ1) is 22.5. The number of anilines is 1. The Hall–Kier alpha value is -3.65. The zero-order chi connectivity index (χ0) is 23.9. The van der Waals surface area contributed by atoms with Gasteiger partial charge < -0.3 is 20.3 Å². The monoisotopic (exact) mass is 449 g/mol. The first-order valence-corrected chi connectivity index (χ1v) is 10.7. The number of benzene rings is 2. The second-order valence-corrected chi connectivity index (χ2v) is 8.88. The van der Waals surface area contributed by atoms with Crippen molar-refractivity contribution in [1.29, 1.82) is 0 Å². The molecule has 1 aliphatic carbocycles. The van der Waals surface area contributed by atoms with E-state index in [9.17, 15) is 19.5 Å². The van der Waals surface area contributed by atoms with Gasteiger partial charge in [0.25, 0.3) is 5.56 Å². The van der Waals surface area contributed by atoms with E-state index >= 15 is 0 Å². The minimum absolute atomic E-state index is 0.114. The molecule has 172 valence electrons. The van der Waals surface area contributed by atoms with Gasteiger partial charge in [0.05, 0.1) is 24.2 Å². The molecule has 0 spiro atoms. The summed E-state index contributed by atoms with van der Waals surface area (Å²) in [5.41, 5.74) is 2.79. The Morgan fingerprint density at radius 1 is 1.12 bits per heavy atom. The molecule has 0 saturated carbocycles. The van der Waals surface area contributed by atoms with Gasteiger partial charge >= 0.3 is 5.97 Å². The van der Waals surface area contributed by atoms with Crippen molar-refractivity contribution in [3.63, 3.8) is 0 Å². The summed E-state index contributed by atoms with van der Waals surface area (Å²) in [6, 6.07) is 12.2. The van der Waals surface area contributed by atoms with Crippen molar-refractivity contribution in [2.45, 2.75) is 38.7 Å². The van der Waals surface area contributed by atoms with Crippen LogP contribution in [-0.4, -0.2) is 39.9 Å². The van der Waals surface area contributed by atoms with Crippen LogP contribution in [0.3, 0.4) is 0 Å². The molecule has 0 saturated heterocycles. The van der Waals surface area contributed by atoms with Gasteiger partial charge in [-0.2, -0.15) is 0 Å². The number of aryl methyl sites for hydroxylation is 2. The molecular weight excluding hydrogens is 422 g/mol. The highest BCUT2D eigenvalue weighted by Crippen LogP contribution is 2.44. The van der Waals surface area contributed by atoms with Crippen LogP contribution < -0.4 is 10.9 Å². The largest absolute Gasteiger partial charge is 0.465 e. The van der Waals surface area contributed by atoms with Crippen LogP contribution in [0.25, 0.3) is 0 Å². The first-order valence-electron chi connectivity index (χ1n) is 10.7. The number of fused-ring (bicyclic) bond motifs is 1. The number of hydrogen-bond acceptors (Lipinski definition) is 5. The fourth-order valence-corrected chi connectivity index (χ4v) is 4.77. The van der Waals surface area contributed by atoms with Crippen LogP contribution >= 0.6 is 0 Å². The normalized spacial score (nSPS) is 21.8. The fraction of sp³-hybridized carbons (Fsp3) is 0.320. The fourth-order valence-electron chi connectivity index (χ4n) is 4.77. The van der Waals surface area contributed by atoms with Gasteiger partial charge in [-0.1, -0.05) is 29.8 Å². The third-order valence-electron chi connectivity index (χ3n) is 6.36. The predicted octanol–water partition coefficient (Wildman–Crippen LogP) is 2.80. The molecule has 1 amide bonds. The molecule has 1 aromatic heterocycles. The van der Waals surface area contributed by atoms with Gasteiger partial charge in [-0.05, 0) is 50.1 Å². The molecule has 0 radical (unpaired) electrons. The van der Waals surface area contributed by atoms with E-state index in [-0.39, 0.29) is 17.9 Å². The lowest BCUT2D eigenvalue weighted by Crippen LogP contribution is -2.51. The summed E-state index contributed by atoms with van der Waals surface area (Å²) in [6.45, 7) is 5.47. The molecule has 2 aromatic carbocycles. The van der Waals surface area contributed by atoms with E-state index in [1.165, 1.54) is 7.11 Å². The molecule has 1 aliphatic rings. The number of aromatic amines is 2. The van der Waals surface area contributed by atoms with E-state index in [1.807, 2.05) is 32.0 Å². The first-order chi connectivity index (χ1) is 15.6.